The smallest absolute Gasteiger partial charge is 0.340 e. The summed E-state index contributed by atoms with van der Waals surface area (Å²) in [4.78, 5) is 11.3. The maximum Gasteiger partial charge on any atom is 0.340 e. The fourth-order valence-corrected chi connectivity index (χ4v) is 1.99. The van der Waals surface area contributed by atoms with Gasteiger partial charge in [0, 0.05) is 0 Å². The van der Waals surface area contributed by atoms with Crippen molar-refractivity contribution in [3.05, 3.63) is 29.6 Å². The number of methoxy groups -OCH3 is 1. The zero-order chi connectivity index (χ0) is 13.1. The van der Waals surface area contributed by atoms with Crippen molar-refractivity contribution in [2.24, 2.45) is 0 Å². The van der Waals surface area contributed by atoms with Crippen LogP contribution in [-0.4, -0.2) is 26.2 Å². The molecule has 0 radical (unpaired) electrons. The Morgan fingerprint density at radius 1 is 1.53 bits per heavy atom. The number of rotatable bonds is 4. The van der Waals surface area contributed by atoms with Crippen molar-refractivity contribution in [2.45, 2.75) is 0 Å². The summed E-state index contributed by atoms with van der Waals surface area (Å²) in [5.74, 6) is -1.48. The first-order chi connectivity index (χ1) is 7.89. The molecule has 0 amide bonds. The summed E-state index contributed by atoms with van der Waals surface area (Å²) in [5.41, 5.74) is -0.213. The second-order valence-corrected chi connectivity index (χ2v) is 6.03. The molecule has 94 valence electrons. The van der Waals surface area contributed by atoms with E-state index in [0.717, 1.165) is 25.3 Å². The van der Waals surface area contributed by atoms with Crippen molar-refractivity contribution in [3.8, 4) is 0 Å². The topological polar surface area (TPSA) is 72.5 Å². The number of alkyl halides is 1. The molecule has 0 fully saturated rings. The lowest BCUT2D eigenvalue weighted by Crippen LogP contribution is -2.16. The van der Waals surface area contributed by atoms with Crippen LogP contribution in [0.1, 0.15) is 10.4 Å². The maximum absolute atomic E-state index is 13.0. The molecule has 0 aliphatic carbocycles. The molecule has 8 heteroatoms. The number of carbonyl (C=O) groups is 1. The molecule has 0 saturated carbocycles. The SMILES string of the molecule is COC(=O)c1cc(F)ccc1NS(=O)(=O)CBr. The number of halogens is 2. The van der Waals surface area contributed by atoms with Crippen LogP contribution in [0.15, 0.2) is 18.2 Å². The molecule has 0 aliphatic heterocycles. The molecule has 1 aromatic rings. The number of hydrogen-bond acceptors (Lipinski definition) is 4. The summed E-state index contributed by atoms with van der Waals surface area (Å²) < 4.78 is 41.8. The van der Waals surface area contributed by atoms with Crippen LogP contribution in [0.4, 0.5) is 10.1 Å². The zero-order valence-corrected chi connectivity index (χ0v) is 11.1. The van der Waals surface area contributed by atoms with Crippen molar-refractivity contribution in [3.63, 3.8) is 0 Å². The van der Waals surface area contributed by atoms with Gasteiger partial charge in [-0.3, -0.25) is 4.72 Å². The van der Waals surface area contributed by atoms with Gasteiger partial charge in [-0.25, -0.2) is 17.6 Å². The summed E-state index contributed by atoms with van der Waals surface area (Å²) in [5, 5.41) is 0. The number of esters is 1. The van der Waals surface area contributed by atoms with Gasteiger partial charge >= 0.3 is 5.97 Å². The molecule has 17 heavy (non-hydrogen) atoms. The minimum atomic E-state index is -3.61. The van der Waals surface area contributed by atoms with Crippen LogP contribution in [-0.2, 0) is 14.8 Å². The molecule has 0 atom stereocenters. The van der Waals surface area contributed by atoms with Gasteiger partial charge in [-0.2, -0.15) is 0 Å². The highest BCUT2D eigenvalue weighted by molar-refractivity contribution is 9.10. The number of sulfonamides is 1. The van der Waals surface area contributed by atoms with E-state index in [2.05, 4.69) is 25.4 Å². The minimum Gasteiger partial charge on any atom is -0.465 e. The van der Waals surface area contributed by atoms with E-state index in [1.807, 2.05) is 0 Å². The average Bonchev–Trinajstić information content (AvgIpc) is 2.30. The number of ether oxygens (including phenoxy) is 1. The molecule has 0 spiro atoms. The number of nitrogens with one attached hydrogen (secondary N) is 1. The van der Waals surface area contributed by atoms with Gasteiger partial charge < -0.3 is 4.74 Å². The van der Waals surface area contributed by atoms with Crippen molar-refractivity contribution >= 4 is 37.6 Å². The van der Waals surface area contributed by atoms with Crippen LogP contribution in [0.3, 0.4) is 0 Å². The molecule has 0 unspecified atom stereocenters. The zero-order valence-electron chi connectivity index (χ0n) is 8.74. The highest BCUT2D eigenvalue weighted by Crippen LogP contribution is 2.19. The Morgan fingerprint density at radius 2 is 2.18 bits per heavy atom. The Balaban J connectivity index is 3.20. The second kappa shape index (κ2) is 5.46. The van der Waals surface area contributed by atoms with Crippen LogP contribution in [0, 0.1) is 5.82 Å². The monoisotopic (exact) mass is 325 g/mol. The van der Waals surface area contributed by atoms with Crippen LogP contribution < -0.4 is 4.72 Å². The van der Waals surface area contributed by atoms with E-state index in [1.54, 1.807) is 0 Å². The Hall–Kier alpha value is -1.15. The minimum absolute atomic E-state index is 0.0299. The van der Waals surface area contributed by atoms with Crippen LogP contribution in [0.25, 0.3) is 0 Å². The van der Waals surface area contributed by atoms with E-state index in [-0.39, 0.29) is 15.9 Å². The predicted molar refractivity (Wildman–Crippen MR) is 64.1 cm³/mol. The fraction of sp³-hybridized carbons (Fsp3) is 0.222. The van der Waals surface area contributed by atoms with E-state index >= 15 is 0 Å². The summed E-state index contributed by atoms with van der Waals surface area (Å²) >= 11 is 2.78. The number of hydrogen-bond donors (Lipinski definition) is 1. The van der Waals surface area contributed by atoms with Crippen molar-refractivity contribution in [1.29, 1.82) is 0 Å². The van der Waals surface area contributed by atoms with Gasteiger partial charge in [-0.15, -0.1) is 0 Å². The largest absolute Gasteiger partial charge is 0.465 e. The lowest BCUT2D eigenvalue weighted by molar-refractivity contribution is 0.0601. The molecule has 5 nitrogen and oxygen atoms in total. The molecule has 0 aliphatic rings. The lowest BCUT2D eigenvalue weighted by Gasteiger charge is -2.09. The van der Waals surface area contributed by atoms with Crippen LogP contribution in [0.2, 0.25) is 0 Å². The number of carbonyl (C=O) groups excluding carboxylic acids is 1. The highest BCUT2D eigenvalue weighted by Gasteiger charge is 2.17. The Bertz CT molecular complexity index is 532. The lowest BCUT2D eigenvalue weighted by atomic mass is 10.2. The second-order valence-electron chi connectivity index (χ2n) is 3.01. The first-order valence-electron chi connectivity index (χ1n) is 4.34. The summed E-state index contributed by atoms with van der Waals surface area (Å²) in [6, 6.07) is 3.10. The predicted octanol–water partition coefficient (Wildman–Crippen LogP) is 1.71. The maximum atomic E-state index is 13.0. The molecule has 0 saturated heterocycles. The molecular formula is C9H9BrFNO4S. The number of anilines is 1. The van der Waals surface area contributed by atoms with Gasteiger partial charge in [0.25, 0.3) is 0 Å². The van der Waals surface area contributed by atoms with E-state index in [1.165, 1.54) is 0 Å². The normalized spacial score (nSPS) is 11.0. The molecule has 1 N–H and O–H groups in total. The molecule has 1 rings (SSSR count). The van der Waals surface area contributed by atoms with E-state index < -0.39 is 21.8 Å². The first-order valence-corrected chi connectivity index (χ1v) is 7.11. The van der Waals surface area contributed by atoms with Crippen molar-refractivity contribution in [1.82, 2.24) is 0 Å². The molecule has 0 aromatic heterocycles. The first kappa shape index (κ1) is 13.9. The van der Waals surface area contributed by atoms with Gasteiger partial charge in [0.2, 0.25) is 10.0 Å². The third kappa shape index (κ3) is 3.67. The van der Waals surface area contributed by atoms with Crippen molar-refractivity contribution < 1.29 is 22.3 Å². The van der Waals surface area contributed by atoms with E-state index in [0.29, 0.717) is 0 Å². The number of benzene rings is 1. The summed E-state index contributed by atoms with van der Waals surface area (Å²) in [7, 11) is -2.49. The van der Waals surface area contributed by atoms with Gasteiger partial charge in [-0.1, -0.05) is 15.9 Å². The molecule has 1 aromatic carbocycles. The Labute approximate surface area is 106 Å². The van der Waals surface area contributed by atoms with Gasteiger partial charge in [0.05, 0.1) is 18.4 Å². The van der Waals surface area contributed by atoms with Gasteiger partial charge in [0.1, 0.15) is 10.5 Å². The highest BCUT2D eigenvalue weighted by atomic mass is 79.9. The standard InChI is InChI=1S/C9H9BrFNO4S/c1-16-9(13)7-4-6(11)2-3-8(7)12-17(14,15)5-10/h2-4,12H,5H2,1H3. The van der Waals surface area contributed by atoms with E-state index in [4.69, 9.17) is 0 Å². The quantitative estimate of drug-likeness (QED) is 0.675. The summed E-state index contributed by atoms with van der Waals surface area (Å²) in [6.07, 6.45) is 0. The molecule has 0 bridgehead atoms. The van der Waals surface area contributed by atoms with Gasteiger partial charge in [0.15, 0.2) is 0 Å². The van der Waals surface area contributed by atoms with Crippen molar-refractivity contribution in [2.75, 3.05) is 16.5 Å². The average molecular weight is 326 g/mol. The van der Waals surface area contributed by atoms with Crippen LogP contribution in [0.5, 0.6) is 0 Å². The van der Waals surface area contributed by atoms with Crippen LogP contribution >= 0.6 is 15.9 Å². The molecular weight excluding hydrogens is 317 g/mol. The fourth-order valence-electron chi connectivity index (χ4n) is 1.08. The molecule has 0 heterocycles. The third-order valence-corrected chi connectivity index (χ3v) is 4.42. The third-order valence-electron chi connectivity index (χ3n) is 1.80. The Kier molecular flexibility index (Phi) is 4.47. The van der Waals surface area contributed by atoms with Gasteiger partial charge in [-0.05, 0) is 18.2 Å². The van der Waals surface area contributed by atoms with E-state index in [9.17, 15) is 17.6 Å². The summed E-state index contributed by atoms with van der Waals surface area (Å²) in [6.45, 7) is 0. The Morgan fingerprint density at radius 3 is 2.71 bits per heavy atom.